The molecule has 0 unspecified atom stereocenters. The second-order valence-electron chi connectivity index (χ2n) is 6.12. The van der Waals surface area contributed by atoms with Crippen LogP contribution in [0, 0.1) is 30.3 Å². The van der Waals surface area contributed by atoms with Gasteiger partial charge in [-0.3, -0.25) is 35.2 Å². The normalized spacial score (nSPS) is 47.1. The van der Waals surface area contributed by atoms with Crippen LogP contribution in [0.1, 0.15) is 19.3 Å². The molecule has 3 aliphatic heterocycles. The fraction of sp³-hybridized carbons (Fsp3) is 1.00. The predicted octanol–water partition coefficient (Wildman–Crippen LogP) is -0.454. The molecule has 4 bridgehead atoms. The van der Waals surface area contributed by atoms with Crippen LogP contribution in [0.2, 0.25) is 0 Å². The molecule has 19 heavy (non-hydrogen) atoms. The van der Waals surface area contributed by atoms with E-state index in [2.05, 4.69) is 0 Å². The van der Waals surface area contributed by atoms with E-state index in [9.17, 15) is 30.3 Å². The highest BCUT2D eigenvalue weighted by Gasteiger charge is 2.78. The Morgan fingerprint density at radius 2 is 0.947 bits per heavy atom. The van der Waals surface area contributed by atoms with Gasteiger partial charge < -0.3 is 0 Å². The van der Waals surface area contributed by atoms with E-state index in [1.807, 2.05) is 0 Å². The van der Waals surface area contributed by atoms with E-state index in [-0.39, 0.29) is 38.9 Å². The van der Waals surface area contributed by atoms with Gasteiger partial charge in [-0.1, -0.05) is 0 Å². The summed E-state index contributed by atoms with van der Waals surface area (Å²) < 4.78 is 0. The van der Waals surface area contributed by atoms with Crippen LogP contribution in [0.4, 0.5) is 0 Å². The first-order valence-electron chi connectivity index (χ1n) is 5.90. The number of nitrogens with zero attached hydrogens (tertiary/aromatic N) is 4. The van der Waals surface area contributed by atoms with Gasteiger partial charge in [0, 0.05) is 14.8 Å². The third kappa shape index (κ3) is 1.34. The summed E-state index contributed by atoms with van der Waals surface area (Å²) in [6, 6.07) is 0. The Morgan fingerprint density at radius 3 is 1.16 bits per heavy atom. The number of piperidine rings is 3. The van der Waals surface area contributed by atoms with Crippen molar-refractivity contribution in [2.24, 2.45) is 0 Å². The van der Waals surface area contributed by atoms with Crippen molar-refractivity contribution in [1.29, 1.82) is 0 Å². The first-order chi connectivity index (χ1) is 8.74. The second kappa shape index (κ2) is 3.18. The minimum absolute atomic E-state index is 0.0746. The first kappa shape index (κ1) is 12.2. The maximum absolute atomic E-state index is 11.3. The Bertz CT molecular complexity index is 428. The summed E-state index contributed by atoms with van der Waals surface area (Å²) >= 11 is 0. The highest BCUT2D eigenvalue weighted by atomic mass is 16.6. The van der Waals surface area contributed by atoms with Crippen LogP contribution in [-0.2, 0) is 0 Å². The average Bonchev–Trinajstić information content (AvgIpc) is 2.26. The zero-order chi connectivity index (χ0) is 14.1. The minimum Gasteiger partial charge on any atom is -0.283 e. The van der Waals surface area contributed by atoms with Crippen LogP contribution in [0.25, 0.3) is 0 Å². The van der Waals surface area contributed by atoms with Crippen LogP contribution in [0.15, 0.2) is 0 Å². The number of hydrogen-bond donors (Lipinski definition) is 0. The van der Waals surface area contributed by atoms with Gasteiger partial charge in [0.15, 0.2) is 0 Å². The van der Waals surface area contributed by atoms with Gasteiger partial charge in [0.1, 0.15) is 0 Å². The minimum atomic E-state index is -1.55. The molecule has 10 nitrogen and oxygen atoms in total. The Balaban J connectivity index is 2.13. The van der Waals surface area contributed by atoms with Gasteiger partial charge >= 0.3 is 0 Å². The second-order valence-corrected chi connectivity index (χ2v) is 6.12. The largest absolute Gasteiger partial charge is 0.283 e. The van der Waals surface area contributed by atoms with Crippen LogP contribution in [-0.4, -0.2) is 55.9 Å². The van der Waals surface area contributed by atoms with Gasteiger partial charge in [-0.25, -0.2) is 0 Å². The molecule has 0 aromatic carbocycles. The lowest BCUT2D eigenvalue weighted by Gasteiger charge is -2.55. The van der Waals surface area contributed by atoms with Gasteiger partial charge in [0.25, 0.3) is 0 Å². The molecule has 10 heteroatoms. The van der Waals surface area contributed by atoms with Crippen molar-refractivity contribution >= 4 is 0 Å². The molecule has 0 aromatic rings. The first-order valence-corrected chi connectivity index (χ1v) is 5.90. The molecular weight excluding hydrogens is 260 g/mol. The van der Waals surface area contributed by atoms with E-state index in [4.69, 9.17) is 0 Å². The zero-order valence-electron chi connectivity index (χ0n) is 9.98. The third-order valence-electron chi connectivity index (χ3n) is 4.69. The Morgan fingerprint density at radius 1 is 0.684 bits per heavy atom. The van der Waals surface area contributed by atoms with E-state index in [1.54, 1.807) is 0 Å². The maximum Gasteiger partial charge on any atom is 0.248 e. The molecule has 0 atom stereocenters. The molecule has 0 aromatic heterocycles. The third-order valence-corrected chi connectivity index (χ3v) is 4.69. The molecule has 0 N–H and O–H groups in total. The number of rotatable bonds is 3. The lowest BCUT2D eigenvalue weighted by atomic mass is 9.57. The standard InChI is InChI=1S/C9H12N4O6/c14-11(15)7-1-8(12(16)17)3-9(2-7,13(18)19)6-10(4-7)5-8/h1-6H2. The molecule has 1 aliphatic carbocycles. The quantitative estimate of drug-likeness (QED) is 0.501. The fourth-order valence-electron chi connectivity index (χ4n) is 4.34. The van der Waals surface area contributed by atoms with Crippen molar-refractivity contribution < 1.29 is 14.8 Å². The molecule has 4 rings (SSSR count). The molecule has 0 radical (unpaired) electrons. The highest BCUT2D eigenvalue weighted by Crippen LogP contribution is 2.53. The van der Waals surface area contributed by atoms with E-state index < -0.39 is 31.4 Å². The molecule has 3 heterocycles. The number of nitro groups is 3. The molecule has 3 saturated heterocycles. The molecule has 4 fully saturated rings. The van der Waals surface area contributed by atoms with E-state index in [0.29, 0.717) is 0 Å². The van der Waals surface area contributed by atoms with Crippen LogP contribution in [0.5, 0.6) is 0 Å². The van der Waals surface area contributed by atoms with Gasteiger partial charge in [-0.15, -0.1) is 0 Å². The lowest BCUT2D eigenvalue weighted by molar-refractivity contribution is -0.688. The highest BCUT2D eigenvalue weighted by molar-refractivity contribution is 5.16. The van der Waals surface area contributed by atoms with Crippen LogP contribution < -0.4 is 0 Å². The Labute approximate surface area is 106 Å². The van der Waals surface area contributed by atoms with Gasteiger partial charge in [0.2, 0.25) is 16.6 Å². The molecule has 0 amide bonds. The summed E-state index contributed by atoms with van der Waals surface area (Å²) in [6.45, 7) is 0.224. The summed E-state index contributed by atoms with van der Waals surface area (Å²) in [7, 11) is 0. The molecular formula is C9H12N4O6. The van der Waals surface area contributed by atoms with Crippen molar-refractivity contribution in [3.8, 4) is 0 Å². The average molecular weight is 272 g/mol. The van der Waals surface area contributed by atoms with Crippen molar-refractivity contribution in [1.82, 2.24) is 4.90 Å². The van der Waals surface area contributed by atoms with E-state index >= 15 is 0 Å². The predicted molar refractivity (Wildman–Crippen MR) is 59.5 cm³/mol. The van der Waals surface area contributed by atoms with Crippen LogP contribution >= 0.6 is 0 Å². The van der Waals surface area contributed by atoms with Crippen LogP contribution in [0.3, 0.4) is 0 Å². The molecule has 0 spiro atoms. The smallest absolute Gasteiger partial charge is 0.248 e. The van der Waals surface area contributed by atoms with Gasteiger partial charge in [0.05, 0.1) is 38.9 Å². The van der Waals surface area contributed by atoms with Crippen molar-refractivity contribution in [3.05, 3.63) is 30.3 Å². The number of hydrogen-bond acceptors (Lipinski definition) is 7. The van der Waals surface area contributed by atoms with Gasteiger partial charge in [-0.05, 0) is 0 Å². The Kier molecular flexibility index (Phi) is 2.04. The lowest BCUT2D eigenvalue weighted by Crippen LogP contribution is -2.80. The molecule has 1 saturated carbocycles. The van der Waals surface area contributed by atoms with Gasteiger partial charge in [-0.2, -0.15) is 0 Å². The molecule has 4 aliphatic rings. The Hall–Kier alpha value is -1.84. The molecule has 104 valence electrons. The summed E-state index contributed by atoms with van der Waals surface area (Å²) in [4.78, 5) is 33.8. The summed E-state index contributed by atoms with van der Waals surface area (Å²) in [5.41, 5.74) is -4.64. The van der Waals surface area contributed by atoms with E-state index in [0.717, 1.165) is 0 Å². The van der Waals surface area contributed by atoms with Crippen molar-refractivity contribution in [2.45, 2.75) is 35.9 Å². The zero-order valence-corrected chi connectivity index (χ0v) is 9.98. The van der Waals surface area contributed by atoms with Crippen molar-refractivity contribution in [3.63, 3.8) is 0 Å². The monoisotopic (exact) mass is 272 g/mol. The summed E-state index contributed by atoms with van der Waals surface area (Å²) in [5.74, 6) is 0. The maximum atomic E-state index is 11.3. The van der Waals surface area contributed by atoms with E-state index in [1.165, 1.54) is 4.90 Å². The fourth-order valence-corrected chi connectivity index (χ4v) is 4.34. The summed E-state index contributed by atoms with van der Waals surface area (Å²) in [5, 5.41) is 33.9. The SMILES string of the molecule is O=[N+]([O-])C12CN3CC([N+](=O)[O-])(C1)CC([N+](=O)[O-])(C3)C2. The summed E-state index contributed by atoms with van der Waals surface area (Å²) in [6.07, 6.45) is -0.607. The van der Waals surface area contributed by atoms with Crippen molar-refractivity contribution in [2.75, 3.05) is 19.6 Å². The topological polar surface area (TPSA) is 133 Å².